The Morgan fingerprint density at radius 3 is 2.24 bits per heavy atom. The first-order chi connectivity index (χ1) is 18.0. The maximum Gasteiger partial charge on any atom is 0.154 e. The average Bonchev–Trinajstić information content (AvgIpc) is 2.93. The van der Waals surface area contributed by atoms with E-state index in [1.54, 1.807) is 0 Å². The minimum Gasteiger partial charge on any atom is -0.397 e. The van der Waals surface area contributed by atoms with Crippen LogP contribution in [0.25, 0.3) is 16.3 Å². The molecule has 0 aliphatic heterocycles. The van der Waals surface area contributed by atoms with Crippen LogP contribution in [0.15, 0.2) is 114 Å². The molecule has 4 aromatic rings. The highest BCUT2D eigenvalue weighted by Gasteiger charge is 2.17. The zero-order chi connectivity index (χ0) is 25.8. The van der Waals surface area contributed by atoms with Crippen molar-refractivity contribution < 1.29 is 0 Å². The summed E-state index contributed by atoms with van der Waals surface area (Å²) in [4.78, 5) is 6.69. The summed E-state index contributed by atoms with van der Waals surface area (Å²) < 4.78 is 0. The van der Waals surface area contributed by atoms with Gasteiger partial charge < -0.3 is 16.4 Å². The molecule has 0 saturated carbocycles. The lowest BCUT2D eigenvalue weighted by Gasteiger charge is -2.25. The fraction of sp³-hybridized carbons (Fsp3) is 0.125. The predicted octanol–water partition coefficient (Wildman–Crippen LogP) is 6.39. The maximum atomic E-state index is 8.86. The largest absolute Gasteiger partial charge is 0.397 e. The third-order valence-corrected chi connectivity index (χ3v) is 6.81. The van der Waals surface area contributed by atoms with E-state index in [1.807, 2.05) is 60.7 Å². The van der Waals surface area contributed by atoms with E-state index in [-0.39, 0.29) is 5.84 Å². The van der Waals surface area contributed by atoms with Crippen LogP contribution >= 0.6 is 0 Å². The van der Waals surface area contributed by atoms with Crippen molar-refractivity contribution in [3.63, 3.8) is 0 Å². The smallest absolute Gasteiger partial charge is 0.154 e. The van der Waals surface area contributed by atoms with Crippen LogP contribution in [0.1, 0.15) is 29.5 Å². The second-order valence-corrected chi connectivity index (χ2v) is 9.39. The highest BCUT2D eigenvalue weighted by molar-refractivity contribution is 6.13. The van der Waals surface area contributed by atoms with Crippen LogP contribution in [0, 0.1) is 5.41 Å². The Kier molecular flexibility index (Phi) is 6.86. The Hall–Kier alpha value is -4.64. The number of anilines is 2. The molecule has 5 N–H and O–H groups in total. The molecule has 184 valence electrons. The van der Waals surface area contributed by atoms with Gasteiger partial charge in [0.15, 0.2) is 5.84 Å². The van der Waals surface area contributed by atoms with Gasteiger partial charge in [-0.25, -0.2) is 4.99 Å². The van der Waals surface area contributed by atoms with Gasteiger partial charge in [-0.3, -0.25) is 5.41 Å². The van der Waals surface area contributed by atoms with Crippen molar-refractivity contribution in [3.05, 3.63) is 125 Å². The fourth-order valence-corrected chi connectivity index (χ4v) is 4.82. The summed E-state index contributed by atoms with van der Waals surface area (Å²) in [5.74, 6) is 0.504. The summed E-state index contributed by atoms with van der Waals surface area (Å²) in [6.07, 6.45) is 6.23. The Bertz CT molecular complexity index is 1550. The van der Waals surface area contributed by atoms with E-state index >= 15 is 0 Å². The maximum absolute atomic E-state index is 8.86. The number of rotatable bonds is 6. The van der Waals surface area contributed by atoms with E-state index in [9.17, 15) is 0 Å². The van der Waals surface area contributed by atoms with Gasteiger partial charge in [0.1, 0.15) is 5.84 Å². The Morgan fingerprint density at radius 1 is 0.865 bits per heavy atom. The van der Waals surface area contributed by atoms with E-state index < -0.39 is 0 Å². The molecule has 0 unspecified atom stereocenters. The normalized spacial score (nSPS) is 13.7. The van der Waals surface area contributed by atoms with E-state index in [1.165, 1.54) is 11.1 Å². The molecule has 37 heavy (non-hydrogen) atoms. The van der Waals surface area contributed by atoms with E-state index in [2.05, 4.69) is 59.4 Å². The Morgan fingerprint density at radius 2 is 1.54 bits per heavy atom. The van der Waals surface area contributed by atoms with Crippen LogP contribution in [0.2, 0.25) is 0 Å². The van der Waals surface area contributed by atoms with E-state index in [0.717, 1.165) is 58.2 Å². The number of amidine groups is 2. The number of allylic oxidation sites excluding steroid dienone is 3. The van der Waals surface area contributed by atoms with Crippen molar-refractivity contribution in [2.45, 2.75) is 12.8 Å². The third-order valence-electron chi connectivity index (χ3n) is 6.81. The molecule has 0 fully saturated rings. The van der Waals surface area contributed by atoms with Crippen molar-refractivity contribution in [3.8, 4) is 0 Å². The van der Waals surface area contributed by atoms with Gasteiger partial charge in [0.25, 0.3) is 0 Å². The van der Waals surface area contributed by atoms with Gasteiger partial charge in [0.05, 0.1) is 11.4 Å². The highest BCUT2D eigenvalue weighted by Crippen LogP contribution is 2.33. The first-order valence-electron chi connectivity index (χ1n) is 12.5. The van der Waals surface area contributed by atoms with Crippen LogP contribution in [0.3, 0.4) is 0 Å². The number of likely N-dealkylation sites (N-methyl/N-ethyl adjacent to an activating group) is 1. The number of hydrogen-bond donors (Lipinski definition) is 3. The van der Waals surface area contributed by atoms with Gasteiger partial charge in [-0.05, 0) is 59.0 Å². The lowest BCUT2D eigenvalue weighted by atomic mass is 9.88. The van der Waals surface area contributed by atoms with Crippen LogP contribution < -0.4 is 16.4 Å². The third kappa shape index (κ3) is 5.31. The molecule has 0 aromatic heterocycles. The molecule has 5 nitrogen and oxygen atoms in total. The number of nitrogen functional groups attached to an aromatic ring is 1. The number of aliphatic imine (C=N–C) groups is 1. The molecule has 0 atom stereocenters. The molecule has 0 amide bonds. The lowest BCUT2D eigenvalue weighted by Crippen LogP contribution is -2.22. The van der Waals surface area contributed by atoms with Crippen molar-refractivity contribution in [2.24, 2.45) is 10.7 Å². The van der Waals surface area contributed by atoms with E-state index in [4.69, 9.17) is 16.9 Å². The monoisotopic (exact) mass is 485 g/mol. The second kappa shape index (κ2) is 10.5. The lowest BCUT2D eigenvalue weighted by molar-refractivity contribution is 0.883. The van der Waals surface area contributed by atoms with Crippen molar-refractivity contribution >= 4 is 39.4 Å². The number of benzene rings is 4. The summed E-state index contributed by atoms with van der Waals surface area (Å²) in [5, 5.41) is 11.1. The summed E-state index contributed by atoms with van der Waals surface area (Å²) >= 11 is 0. The number of nitrogens with zero attached hydrogens (tertiary/aromatic N) is 2. The molecule has 0 bridgehead atoms. The van der Waals surface area contributed by atoms with Crippen LogP contribution in [0.4, 0.5) is 11.4 Å². The Labute approximate surface area is 218 Å². The standard InChI is InChI=1S/C32H31N5/c1-37(30-14-8-7-13-29(30)33)21-22-15-17-23(18-16-22)27-19-25-11-5-6-12-26(25)20-28(27)32(35)36-31(34)24-9-3-2-4-10-24/h2-15,17,19-20H,16,18,21,33H2,1H3,(H3,34,35,36). The molecule has 0 saturated heterocycles. The number of para-hydroxylation sites is 2. The van der Waals surface area contributed by atoms with Gasteiger partial charge >= 0.3 is 0 Å². The van der Waals surface area contributed by atoms with Crippen LogP contribution in [-0.4, -0.2) is 25.3 Å². The zero-order valence-corrected chi connectivity index (χ0v) is 21.0. The second-order valence-electron chi connectivity index (χ2n) is 9.39. The van der Waals surface area contributed by atoms with Crippen molar-refractivity contribution in [2.75, 3.05) is 24.2 Å². The summed E-state index contributed by atoms with van der Waals surface area (Å²) in [6, 6.07) is 30.0. The molecule has 4 aromatic carbocycles. The summed E-state index contributed by atoms with van der Waals surface area (Å²) in [7, 11) is 2.07. The molecule has 5 heteroatoms. The molecular formula is C32H31N5. The molecule has 0 spiro atoms. The van der Waals surface area contributed by atoms with Gasteiger partial charge in [-0.1, -0.05) is 84.5 Å². The van der Waals surface area contributed by atoms with E-state index in [0.29, 0.717) is 5.84 Å². The molecule has 1 aliphatic carbocycles. The van der Waals surface area contributed by atoms with Gasteiger partial charge in [0, 0.05) is 24.7 Å². The molecule has 0 radical (unpaired) electrons. The number of nitrogens with one attached hydrogen (secondary N) is 1. The SMILES string of the molecule is CN(CC1=CC=C(c2cc3ccccc3cc2C(=N)/N=C(\N)c2ccccc2)CC1)c1ccccc1N. The summed E-state index contributed by atoms with van der Waals surface area (Å²) in [6.45, 7) is 0.816. The first kappa shape index (κ1) is 24.1. The van der Waals surface area contributed by atoms with Gasteiger partial charge in [-0.2, -0.15) is 0 Å². The van der Waals surface area contributed by atoms with Crippen molar-refractivity contribution in [1.29, 1.82) is 5.41 Å². The quantitative estimate of drug-likeness (QED) is 0.168. The van der Waals surface area contributed by atoms with Gasteiger partial charge in [-0.15, -0.1) is 0 Å². The molecule has 5 rings (SSSR count). The topological polar surface area (TPSA) is 91.5 Å². The Balaban J connectivity index is 1.47. The van der Waals surface area contributed by atoms with Crippen LogP contribution in [-0.2, 0) is 0 Å². The number of nitrogens with two attached hydrogens (primary N) is 2. The van der Waals surface area contributed by atoms with Crippen LogP contribution in [0.5, 0.6) is 0 Å². The minimum absolute atomic E-state index is 0.164. The van der Waals surface area contributed by atoms with Gasteiger partial charge in [0.2, 0.25) is 0 Å². The minimum atomic E-state index is 0.164. The number of fused-ring (bicyclic) bond motifs is 1. The van der Waals surface area contributed by atoms with Crippen molar-refractivity contribution in [1.82, 2.24) is 0 Å². The molecule has 1 aliphatic rings. The molecular weight excluding hydrogens is 454 g/mol. The zero-order valence-electron chi connectivity index (χ0n) is 21.0. The first-order valence-corrected chi connectivity index (χ1v) is 12.5. The predicted molar refractivity (Wildman–Crippen MR) is 157 cm³/mol. The average molecular weight is 486 g/mol. The summed E-state index contributed by atoms with van der Waals surface area (Å²) in [5.41, 5.74) is 19.4. The fourth-order valence-electron chi connectivity index (χ4n) is 4.82. The highest BCUT2D eigenvalue weighted by atomic mass is 15.1. The number of hydrogen-bond acceptors (Lipinski definition) is 3. The molecule has 0 heterocycles.